The molecule has 24 heavy (non-hydrogen) atoms. The molecular weight excluding hydrogens is 346 g/mol. The molecule has 1 N–H and O–H groups in total. The van der Waals surface area contributed by atoms with Crippen LogP contribution in [0.5, 0.6) is 5.75 Å². The normalized spacial score (nSPS) is 21.2. The number of anilines is 1. The van der Waals surface area contributed by atoms with Crippen LogP contribution in [0.2, 0.25) is 5.02 Å². The van der Waals surface area contributed by atoms with Crippen LogP contribution in [0.15, 0.2) is 38.7 Å². The lowest BCUT2D eigenvalue weighted by atomic mass is 10.00. The van der Waals surface area contributed by atoms with E-state index in [9.17, 15) is 4.79 Å². The Bertz CT molecular complexity index is 801. The Hall–Kier alpha value is -1.79. The number of allylic oxidation sites excluding steroid dienone is 1. The number of hydrogen-bond acceptors (Lipinski definition) is 5. The van der Waals surface area contributed by atoms with Crippen molar-refractivity contribution >= 4 is 45.8 Å². The van der Waals surface area contributed by atoms with E-state index in [0.717, 1.165) is 21.2 Å². The van der Waals surface area contributed by atoms with Crippen LogP contribution in [0.3, 0.4) is 0 Å². The third kappa shape index (κ3) is 3.08. The Kier molecular flexibility index (Phi) is 4.69. The van der Waals surface area contributed by atoms with E-state index in [2.05, 4.69) is 15.3 Å². The Balaban J connectivity index is 1.84. The van der Waals surface area contributed by atoms with Crippen molar-refractivity contribution in [2.45, 2.75) is 26.8 Å². The van der Waals surface area contributed by atoms with Crippen molar-refractivity contribution in [3.05, 3.63) is 33.7 Å². The molecule has 0 bridgehead atoms. The molecule has 0 saturated heterocycles. The first-order valence-electron chi connectivity index (χ1n) is 7.57. The predicted molar refractivity (Wildman–Crippen MR) is 100 cm³/mol. The van der Waals surface area contributed by atoms with Gasteiger partial charge in [0.05, 0.1) is 23.9 Å². The molecule has 0 spiro atoms. The SMILES string of the molecule is COc1ccc(Cl)cc1NC(C)C1=NC(=O)C2C(=N1)SC(C)=C2C. The molecule has 2 heterocycles. The molecule has 126 valence electrons. The van der Waals surface area contributed by atoms with Crippen LogP contribution in [0.1, 0.15) is 20.8 Å². The van der Waals surface area contributed by atoms with Crippen molar-refractivity contribution in [3.8, 4) is 5.75 Å². The van der Waals surface area contributed by atoms with Gasteiger partial charge < -0.3 is 10.1 Å². The summed E-state index contributed by atoms with van der Waals surface area (Å²) in [6.07, 6.45) is 0. The summed E-state index contributed by atoms with van der Waals surface area (Å²) in [4.78, 5) is 22.3. The van der Waals surface area contributed by atoms with E-state index in [4.69, 9.17) is 16.3 Å². The van der Waals surface area contributed by atoms with Crippen molar-refractivity contribution in [2.24, 2.45) is 15.9 Å². The highest BCUT2D eigenvalue weighted by Gasteiger charge is 2.37. The van der Waals surface area contributed by atoms with E-state index < -0.39 is 0 Å². The lowest BCUT2D eigenvalue weighted by Gasteiger charge is -2.21. The Labute approximate surface area is 150 Å². The van der Waals surface area contributed by atoms with E-state index in [1.54, 1.807) is 37.1 Å². The zero-order chi connectivity index (χ0) is 17.4. The largest absolute Gasteiger partial charge is 0.495 e. The van der Waals surface area contributed by atoms with Crippen molar-refractivity contribution < 1.29 is 9.53 Å². The van der Waals surface area contributed by atoms with Gasteiger partial charge in [-0.1, -0.05) is 23.4 Å². The summed E-state index contributed by atoms with van der Waals surface area (Å²) < 4.78 is 5.33. The number of carbonyl (C=O) groups excluding carboxylic acids is 1. The lowest BCUT2D eigenvalue weighted by molar-refractivity contribution is -0.118. The number of fused-ring (bicyclic) bond motifs is 1. The summed E-state index contributed by atoms with van der Waals surface area (Å²) in [5, 5.41) is 4.68. The number of hydrogen-bond donors (Lipinski definition) is 1. The molecule has 0 saturated carbocycles. The van der Waals surface area contributed by atoms with Gasteiger partial charge in [-0.2, -0.15) is 4.99 Å². The van der Waals surface area contributed by atoms with Gasteiger partial charge in [-0.05, 0) is 49.4 Å². The van der Waals surface area contributed by atoms with Crippen molar-refractivity contribution in [2.75, 3.05) is 12.4 Å². The maximum Gasteiger partial charge on any atom is 0.261 e. The number of ether oxygens (including phenoxy) is 1. The third-order valence-corrected chi connectivity index (χ3v) is 5.51. The maximum atomic E-state index is 12.4. The molecule has 0 fully saturated rings. The van der Waals surface area contributed by atoms with Crippen LogP contribution in [0, 0.1) is 5.92 Å². The fourth-order valence-corrected chi connectivity index (χ4v) is 3.96. The highest BCUT2D eigenvalue weighted by atomic mass is 35.5. The van der Waals surface area contributed by atoms with E-state index in [1.807, 2.05) is 20.8 Å². The van der Waals surface area contributed by atoms with E-state index in [-0.39, 0.29) is 17.9 Å². The quantitative estimate of drug-likeness (QED) is 0.873. The number of methoxy groups -OCH3 is 1. The maximum absolute atomic E-state index is 12.4. The minimum atomic E-state index is -0.299. The predicted octanol–water partition coefficient (Wildman–Crippen LogP) is 4.14. The lowest BCUT2D eigenvalue weighted by Crippen LogP contribution is -2.33. The number of nitrogens with one attached hydrogen (secondary N) is 1. The van der Waals surface area contributed by atoms with E-state index in [1.165, 1.54) is 0 Å². The number of halogens is 1. The second-order valence-electron chi connectivity index (χ2n) is 5.74. The molecule has 2 aliphatic rings. The number of amidine groups is 1. The molecule has 1 amide bonds. The highest BCUT2D eigenvalue weighted by Crippen LogP contribution is 2.40. The van der Waals surface area contributed by atoms with Crippen LogP contribution in [0.25, 0.3) is 0 Å². The van der Waals surface area contributed by atoms with Crippen molar-refractivity contribution in [3.63, 3.8) is 0 Å². The Morgan fingerprint density at radius 3 is 2.79 bits per heavy atom. The second kappa shape index (κ2) is 6.61. The number of benzene rings is 1. The highest BCUT2D eigenvalue weighted by molar-refractivity contribution is 8.17. The van der Waals surface area contributed by atoms with E-state index in [0.29, 0.717) is 16.6 Å². The fourth-order valence-electron chi connectivity index (χ4n) is 2.66. The molecule has 1 aromatic rings. The number of rotatable bonds is 4. The van der Waals surface area contributed by atoms with Gasteiger partial charge in [0, 0.05) is 5.02 Å². The average molecular weight is 364 g/mol. The summed E-state index contributed by atoms with van der Waals surface area (Å²) in [7, 11) is 1.60. The standard InChI is InChI=1S/C17H18ClN3O2S/c1-8-10(3)24-17-14(8)16(22)20-15(21-17)9(2)19-12-7-11(18)5-6-13(12)23-4/h5-7,9,14,19H,1-4H3. The summed E-state index contributed by atoms with van der Waals surface area (Å²) in [6, 6.07) is 5.07. The summed E-state index contributed by atoms with van der Waals surface area (Å²) in [6.45, 7) is 5.88. The summed E-state index contributed by atoms with van der Waals surface area (Å²) >= 11 is 7.61. The first kappa shape index (κ1) is 17.0. The number of nitrogens with zero attached hydrogens (tertiary/aromatic N) is 2. The van der Waals surface area contributed by atoms with Crippen LogP contribution >= 0.6 is 23.4 Å². The molecule has 7 heteroatoms. The molecule has 0 radical (unpaired) electrons. The van der Waals surface area contributed by atoms with E-state index >= 15 is 0 Å². The number of thioether (sulfide) groups is 1. The topological polar surface area (TPSA) is 63.0 Å². The molecule has 5 nitrogen and oxygen atoms in total. The van der Waals surface area contributed by atoms with Gasteiger partial charge >= 0.3 is 0 Å². The monoisotopic (exact) mass is 363 g/mol. The number of aliphatic imine (C=N–C) groups is 2. The fraction of sp³-hybridized carbons (Fsp3) is 0.353. The average Bonchev–Trinajstić information content (AvgIpc) is 2.82. The van der Waals surface area contributed by atoms with Crippen LogP contribution < -0.4 is 10.1 Å². The number of amides is 1. The summed E-state index contributed by atoms with van der Waals surface area (Å²) in [5.74, 6) is 0.696. The molecule has 0 aromatic heterocycles. The van der Waals surface area contributed by atoms with Crippen molar-refractivity contribution in [1.82, 2.24) is 0 Å². The van der Waals surface area contributed by atoms with Crippen LogP contribution in [-0.4, -0.2) is 29.9 Å². The molecular formula is C17H18ClN3O2S. The molecule has 1 aromatic carbocycles. The van der Waals surface area contributed by atoms with Gasteiger partial charge in [0.15, 0.2) is 5.84 Å². The van der Waals surface area contributed by atoms with Crippen LogP contribution in [-0.2, 0) is 4.79 Å². The summed E-state index contributed by atoms with van der Waals surface area (Å²) in [5.41, 5.74) is 1.78. The van der Waals surface area contributed by atoms with Gasteiger partial charge in [-0.25, -0.2) is 4.99 Å². The van der Waals surface area contributed by atoms with Gasteiger partial charge in [0.2, 0.25) is 0 Å². The van der Waals surface area contributed by atoms with Crippen molar-refractivity contribution in [1.29, 1.82) is 0 Å². The molecule has 2 unspecified atom stereocenters. The minimum absolute atomic E-state index is 0.149. The molecule has 3 rings (SSSR count). The zero-order valence-electron chi connectivity index (χ0n) is 13.9. The Morgan fingerprint density at radius 1 is 1.33 bits per heavy atom. The van der Waals surface area contributed by atoms with Crippen LogP contribution in [0.4, 0.5) is 5.69 Å². The molecule has 2 atom stereocenters. The smallest absolute Gasteiger partial charge is 0.261 e. The van der Waals surface area contributed by atoms with Gasteiger partial charge in [0.25, 0.3) is 5.91 Å². The minimum Gasteiger partial charge on any atom is -0.495 e. The zero-order valence-corrected chi connectivity index (χ0v) is 15.5. The molecule has 2 aliphatic heterocycles. The van der Waals surface area contributed by atoms with Gasteiger partial charge in [-0.3, -0.25) is 4.79 Å². The molecule has 0 aliphatic carbocycles. The van der Waals surface area contributed by atoms with Gasteiger partial charge in [0.1, 0.15) is 11.7 Å². The first-order valence-corrected chi connectivity index (χ1v) is 8.76. The Morgan fingerprint density at radius 2 is 2.08 bits per heavy atom. The number of carbonyl (C=O) groups is 1. The van der Waals surface area contributed by atoms with Gasteiger partial charge in [-0.15, -0.1) is 0 Å². The first-order chi connectivity index (χ1) is 11.4. The third-order valence-electron chi connectivity index (χ3n) is 4.11. The second-order valence-corrected chi connectivity index (χ2v) is 7.41.